The number of ether oxygens (including phenoxy) is 2. The molecule has 0 aliphatic heterocycles. The van der Waals surface area contributed by atoms with Crippen molar-refractivity contribution in [3.8, 4) is 5.75 Å². The van der Waals surface area contributed by atoms with E-state index in [4.69, 9.17) is 14.6 Å². The summed E-state index contributed by atoms with van der Waals surface area (Å²) in [5, 5.41) is 8.79. The Bertz CT molecular complexity index is 407. The summed E-state index contributed by atoms with van der Waals surface area (Å²) in [6.07, 6.45) is 1.51. The molecule has 0 unspecified atom stereocenters. The minimum atomic E-state index is -0.497. The highest BCUT2D eigenvalue weighted by Crippen LogP contribution is 2.15. The van der Waals surface area contributed by atoms with E-state index in [1.54, 1.807) is 6.07 Å². The topological polar surface area (TPSA) is 55.8 Å². The summed E-state index contributed by atoms with van der Waals surface area (Å²) in [6.45, 7) is 5.53. The van der Waals surface area contributed by atoms with Crippen molar-refractivity contribution in [2.75, 3.05) is 13.2 Å². The Morgan fingerprint density at radius 2 is 2.05 bits per heavy atom. The number of hydrogen-bond donors (Lipinski definition) is 1. The van der Waals surface area contributed by atoms with Crippen LogP contribution >= 0.6 is 0 Å². The molecule has 0 atom stereocenters. The lowest BCUT2D eigenvalue weighted by molar-refractivity contribution is -0.157. The molecule has 4 nitrogen and oxygen atoms in total. The van der Waals surface area contributed by atoms with Crippen LogP contribution in [0.1, 0.15) is 32.8 Å². The van der Waals surface area contributed by atoms with Gasteiger partial charge in [-0.15, -0.1) is 0 Å². The molecule has 1 aromatic rings. The van der Waals surface area contributed by atoms with Crippen LogP contribution < -0.4 is 4.74 Å². The van der Waals surface area contributed by atoms with Gasteiger partial charge in [-0.1, -0.05) is 12.1 Å². The maximum absolute atomic E-state index is 11.5. The molecule has 0 fully saturated rings. The van der Waals surface area contributed by atoms with E-state index in [9.17, 15) is 4.79 Å². The summed E-state index contributed by atoms with van der Waals surface area (Å²) >= 11 is 0. The molecule has 0 heterocycles. The molecule has 0 aliphatic carbocycles. The van der Waals surface area contributed by atoms with E-state index in [0.29, 0.717) is 5.75 Å². The molecule has 0 saturated heterocycles. The summed E-state index contributed by atoms with van der Waals surface area (Å²) in [5.74, 6) is 0.259. The van der Waals surface area contributed by atoms with Crippen molar-refractivity contribution in [2.45, 2.75) is 39.2 Å². The fourth-order valence-electron chi connectivity index (χ4n) is 1.59. The van der Waals surface area contributed by atoms with Gasteiger partial charge in [0.15, 0.2) is 6.61 Å². The van der Waals surface area contributed by atoms with Gasteiger partial charge in [0.1, 0.15) is 11.4 Å². The smallest absolute Gasteiger partial charge is 0.344 e. The normalized spacial score (nSPS) is 11.2. The largest absolute Gasteiger partial charge is 0.482 e. The van der Waals surface area contributed by atoms with Crippen LogP contribution in [0.5, 0.6) is 5.75 Å². The first kappa shape index (κ1) is 15.5. The van der Waals surface area contributed by atoms with Crippen LogP contribution in [0.3, 0.4) is 0 Å². The Balaban J connectivity index is 2.46. The molecule has 0 aromatic heterocycles. The molecule has 0 saturated carbocycles. The molecule has 0 aliphatic rings. The number of aryl methyl sites for hydroxylation is 1. The fraction of sp³-hybridized carbons (Fsp3) is 0.533. The monoisotopic (exact) mass is 266 g/mol. The second-order valence-electron chi connectivity index (χ2n) is 5.35. The van der Waals surface area contributed by atoms with Crippen LogP contribution in [0, 0.1) is 0 Å². The van der Waals surface area contributed by atoms with Crippen molar-refractivity contribution < 1.29 is 19.4 Å². The van der Waals surface area contributed by atoms with E-state index >= 15 is 0 Å². The molecule has 1 N–H and O–H groups in total. The second-order valence-corrected chi connectivity index (χ2v) is 5.35. The number of rotatable bonds is 6. The lowest BCUT2D eigenvalue weighted by Gasteiger charge is -2.19. The highest BCUT2D eigenvalue weighted by molar-refractivity contribution is 5.71. The number of benzene rings is 1. The fourth-order valence-corrected chi connectivity index (χ4v) is 1.59. The number of aliphatic hydroxyl groups is 1. The van der Waals surface area contributed by atoms with Crippen LogP contribution in [0.25, 0.3) is 0 Å². The van der Waals surface area contributed by atoms with Crippen molar-refractivity contribution in [1.29, 1.82) is 0 Å². The first-order valence-electron chi connectivity index (χ1n) is 6.45. The van der Waals surface area contributed by atoms with Crippen molar-refractivity contribution >= 4 is 5.97 Å². The van der Waals surface area contributed by atoms with E-state index in [1.807, 2.05) is 39.0 Å². The number of esters is 1. The lowest BCUT2D eigenvalue weighted by atomic mass is 10.1. The molecular formula is C15H22O4. The minimum Gasteiger partial charge on any atom is -0.482 e. The predicted molar refractivity (Wildman–Crippen MR) is 73.2 cm³/mol. The van der Waals surface area contributed by atoms with Gasteiger partial charge in [0.25, 0.3) is 0 Å². The summed E-state index contributed by atoms with van der Waals surface area (Å²) in [4.78, 5) is 11.5. The Morgan fingerprint density at radius 1 is 1.32 bits per heavy atom. The Kier molecular flexibility index (Phi) is 5.83. The Labute approximate surface area is 114 Å². The summed E-state index contributed by atoms with van der Waals surface area (Å²) in [5.41, 5.74) is 0.583. The highest BCUT2D eigenvalue weighted by Gasteiger charge is 2.16. The number of hydrogen-bond acceptors (Lipinski definition) is 4. The summed E-state index contributed by atoms with van der Waals surface area (Å²) in [6, 6.07) is 7.51. The molecular weight excluding hydrogens is 244 g/mol. The second kappa shape index (κ2) is 7.14. The zero-order valence-corrected chi connectivity index (χ0v) is 11.8. The molecule has 0 spiro atoms. The Hall–Kier alpha value is -1.55. The van der Waals surface area contributed by atoms with Crippen molar-refractivity contribution in [3.63, 3.8) is 0 Å². The molecule has 0 radical (unpaired) electrons. The third-order valence-electron chi connectivity index (χ3n) is 2.30. The van der Waals surface area contributed by atoms with Gasteiger partial charge in [0.2, 0.25) is 0 Å². The molecule has 0 amide bonds. The van der Waals surface area contributed by atoms with Crippen LogP contribution in [-0.2, 0) is 16.0 Å². The van der Waals surface area contributed by atoms with Crippen LogP contribution in [-0.4, -0.2) is 29.9 Å². The third-order valence-corrected chi connectivity index (χ3v) is 2.30. The maximum Gasteiger partial charge on any atom is 0.344 e. The third kappa shape index (κ3) is 6.82. The molecule has 1 aromatic carbocycles. The SMILES string of the molecule is CC(C)(C)OC(=O)COc1cccc(CCCO)c1. The number of carbonyl (C=O) groups excluding carboxylic acids is 1. The first-order chi connectivity index (χ1) is 8.90. The molecule has 106 valence electrons. The maximum atomic E-state index is 11.5. The van der Waals surface area contributed by atoms with Gasteiger partial charge in [-0.25, -0.2) is 4.79 Å². The van der Waals surface area contributed by atoms with Gasteiger partial charge in [0.05, 0.1) is 0 Å². The zero-order valence-electron chi connectivity index (χ0n) is 11.8. The van der Waals surface area contributed by atoms with Gasteiger partial charge in [0, 0.05) is 6.61 Å². The molecule has 1 rings (SSSR count). The van der Waals surface area contributed by atoms with Gasteiger partial charge < -0.3 is 14.6 Å². The molecule has 4 heteroatoms. The van der Waals surface area contributed by atoms with Gasteiger partial charge in [-0.2, -0.15) is 0 Å². The minimum absolute atomic E-state index is 0.0965. The van der Waals surface area contributed by atoms with E-state index in [-0.39, 0.29) is 19.2 Å². The van der Waals surface area contributed by atoms with Crippen LogP contribution in [0.2, 0.25) is 0 Å². The van der Waals surface area contributed by atoms with E-state index < -0.39 is 5.60 Å². The van der Waals surface area contributed by atoms with Gasteiger partial charge in [-0.3, -0.25) is 0 Å². The predicted octanol–water partition coefficient (Wildman–Crippen LogP) is 2.33. The van der Waals surface area contributed by atoms with Crippen LogP contribution in [0.4, 0.5) is 0 Å². The van der Waals surface area contributed by atoms with Crippen LogP contribution in [0.15, 0.2) is 24.3 Å². The van der Waals surface area contributed by atoms with Gasteiger partial charge in [-0.05, 0) is 51.3 Å². The van der Waals surface area contributed by atoms with Crippen molar-refractivity contribution in [1.82, 2.24) is 0 Å². The quantitative estimate of drug-likeness (QED) is 0.803. The van der Waals surface area contributed by atoms with E-state index in [0.717, 1.165) is 18.4 Å². The average molecular weight is 266 g/mol. The van der Waals surface area contributed by atoms with Crippen molar-refractivity contribution in [2.24, 2.45) is 0 Å². The van der Waals surface area contributed by atoms with E-state index in [1.165, 1.54) is 0 Å². The number of aliphatic hydroxyl groups excluding tert-OH is 1. The summed E-state index contributed by atoms with van der Waals surface area (Å²) < 4.78 is 10.6. The first-order valence-corrected chi connectivity index (χ1v) is 6.45. The highest BCUT2D eigenvalue weighted by atomic mass is 16.6. The Morgan fingerprint density at radius 3 is 2.68 bits per heavy atom. The standard InChI is InChI=1S/C15H22O4/c1-15(2,3)19-14(17)11-18-13-8-4-6-12(10-13)7-5-9-16/h4,6,8,10,16H,5,7,9,11H2,1-3H3. The molecule has 0 bridgehead atoms. The number of carbonyl (C=O) groups is 1. The molecule has 19 heavy (non-hydrogen) atoms. The summed E-state index contributed by atoms with van der Waals surface area (Å²) in [7, 11) is 0. The average Bonchev–Trinajstić information content (AvgIpc) is 2.32. The van der Waals surface area contributed by atoms with Crippen molar-refractivity contribution in [3.05, 3.63) is 29.8 Å². The van der Waals surface area contributed by atoms with E-state index in [2.05, 4.69) is 0 Å². The van der Waals surface area contributed by atoms with Gasteiger partial charge >= 0.3 is 5.97 Å². The zero-order chi connectivity index (χ0) is 14.3. The lowest BCUT2D eigenvalue weighted by Crippen LogP contribution is -2.27.